The van der Waals surface area contributed by atoms with Crippen LogP contribution in [0.1, 0.15) is 23.4 Å². The number of carbonyl (C=O) groups excluding carboxylic acids is 1. The van der Waals surface area contributed by atoms with Gasteiger partial charge in [0.15, 0.2) is 0 Å². The molecule has 1 aliphatic rings. The number of para-hydroxylation sites is 1. The minimum Gasteiger partial charge on any atom is -0.373 e. The van der Waals surface area contributed by atoms with Crippen molar-refractivity contribution in [3.8, 4) is 0 Å². The normalized spacial score (nSPS) is 17.3. The van der Waals surface area contributed by atoms with Gasteiger partial charge in [0, 0.05) is 44.5 Å². The maximum Gasteiger partial charge on any atom is 0.220 e. The number of aromatic nitrogens is 2. The maximum absolute atomic E-state index is 12.2. The van der Waals surface area contributed by atoms with Gasteiger partial charge in [-0.2, -0.15) is 5.10 Å². The molecule has 0 spiro atoms. The molecule has 140 valence electrons. The van der Waals surface area contributed by atoms with E-state index >= 15 is 0 Å². The lowest BCUT2D eigenvalue weighted by Gasteiger charge is -2.34. The second-order valence-corrected chi connectivity index (χ2v) is 6.85. The van der Waals surface area contributed by atoms with Crippen molar-refractivity contribution < 1.29 is 9.53 Å². The van der Waals surface area contributed by atoms with Crippen LogP contribution in [0.2, 0.25) is 0 Å². The van der Waals surface area contributed by atoms with Gasteiger partial charge < -0.3 is 15.0 Å². The lowest BCUT2D eigenvalue weighted by atomic mass is 10.1. The van der Waals surface area contributed by atoms with Crippen LogP contribution < -0.4 is 10.2 Å². The molecule has 1 aromatic heterocycles. The molecule has 6 heteroatoms. The smallest absolute Gasteiger partial charge is 0.220 e. The van der Waals surface area contributed by atoms with Gasteiger partial charge in [0.2, 0.25) is 5.91 Å². The number of hydrogen-bond acceptors (Lipinski definition) is 4. The number of benzene rings is 1. The van der Waals surface area contributed by atoms with Crippen molar-refractivity contribution >= 4 is 11.6 Å². The van der Waals surface area contributed by atoms with Gasteiger partial charge in [-0.3, -0.25) is 9.48 Å². The van der Waals surface area contributed by atoms with Crippen LogP contribution in [-0.4, -0.2) is 48.0 Å². The zero-order valence-corrected chi connectivity index (χ0v) is 15.9. The van der Waals surface area contributed by atoms with Crippen LogP contribution >= 0.6 is 0 Å². The van der Waals surface area contributed by atoms with Crippen molar-refractivity contribution in [3.63, 3.8) is 0 Å². The highest BCUT2D eigenvalue weighted by molar-refractivity contribution is 5.76. The van der Waals surface area contributed by atoms with E-state index in [4.69, 9.17) is 4.74 Å². The predicted octanol–water partition coefficient (Wildman–Crippen LogP) is 1.99. The van der Waals surface area contributed by atoms with E-state index in [0.717, 1.165) is 30.9 Å². The molecule has 1 saturated heterocycles. The summed E-state index contributed by atoms with van der Waals surface area (Å²) >= 11 is 0. The SMILES string of the molecule is Cc1nn(C)c(C)c1CCC(=O)NCC1CN(c2ccccc2)CCO1. The minimum atomic E-state index is 0.0229. The molecule has 2 aromatic rings. The van der Waals surface area contributed by atoms with E-state index in [2.05, 4.69) is 27.4 Å². The van der Waals surface area contributed by atoms with Crippen molar-refractivity contribution in [2.75, 3.05) is 31.1 Å². The number of nitrogens with one attached hydrogen (secondary N) is 1. The monoisotopic (exact) mass is 356 g/mol. The molecule has 26 heavy (non-hydrogen) atoms. The second-order valence-electron chi connectivity index (χ2n) is 6.85. The Morgan fingerprint density at radius 2 is 2.08 bits per heavy atom. The molecule has 2 heterocycles. The summed E-state index contributed by atoms with van der Waals surface area (Å²) in [5.41, 5.74) is 4.51. The second kappa shape index (κ2) is 8.36. The van der Waals surface area contributed by atoms with E-state index in [-0.39, 0.29) is 12.0 Å². The Kier molecular flexibility index (Phi) is 5.93. The summed E-state index contributed by atoms with van der Waals surface area (Å²) in [6, 6.07) is 10.3. The number of rotatable bonds is 6. The topological polar surface area (TPSA) is 59.4 Å². The molecule has 1 atom stereocenters. The van der Waals surface area contributed by atoms with E-state index in [1.165, 1.54) is 11.3 Å². The largest absolute Gasteiger partial charge is 0.373 e. The van der Waals surface area contributed by atoms with E-state index in [1.54, 1.807) is 0 Å². The molecule has 1 aliphatic heterocycles. The van der Waals surface area contributed by atoms with Crippen LogP contribution in [0.4, 0.5) is 5.69 Å². The van der Waals surface area contributed by atoms with Gasteiger partial charge >= 0.3 is 0 Å². The van der Waals surface area contributed by atoms with Crippen LogP contribution in [-0.2, 0) is 23.0 Å². The molecular formula is C20H28N4O2. The van der Waals surface area contributed by atoms with E-state index in [9.17, 15) is 4.79 Å². The summed E-state index contributed by atoms with van der Waals surface area (Å²) in [5, 5.41) is 7.43. The molecule has 1 N–H and O–H groups in total. The number of carbonyl (C=O) groups is 1. The number of ether oxygens (including phenoxy) is 1. The molecular weight excluding hydrogens is 328 g/mol. The summed E-state index contributed by atoms with van der Waals surface area (Å²) in [5.74, 6) is 0.0630. The van der Waals surface area contributed by atoms with Crippen molar-refractivity contribution in [1.29, 1.82) is 0 Å². The fourth-order valence-electron chi connectivity index (χ4n) is 3.45. The van der Waals surface area contributed by atoms with E-state index < -0.39 is 0 Å². The molecule has 6 nitrogen and oxygen atoms in total. The Hall–Kier alpha value is -2.34. The number of nitrogens with zero attached hydrogens (tertiary/aromatic N) is 3. The highest BCUT2D eigenvalue weighted by Crippen LogP contribution is 2.17. The number of hydrogen-bond donors (Lipinski definition) is 1. The first-order chi connectivity index (χ1) is 12.5. The van der Waals surface area contributed by atoms with Crippen molar-refractivity contribution in [2.24, 2.45) is 7.05 Å². The molecule has 0 bridgehead atoms. The van der Waals surface area contributed by atoms with Gasteiger partial charge in [0.05, 0.1) is 18.4 Å². The summed E-state index contributed by atoms with van der Waals surface area (Å²) in [6.45, 7) is 6.95. The first-order valence-corrected chi connectivity index (χ1v) is 9.22. The van der Waals surface area contributed by atoms with Crippen LogP contribution in [0.5, 0.6) is 0 Å². The van der Waals surface area contributed by atoms with Gasteiger partial charge in [0.25, 0.3) is 0 Å². The summed E-state index contributed by atoms with van der Waals surface area (Å²) in [4.78, 5) is 14.5. The Morgan fingerprint density at radius 1 is 1.31 bits per heavy atom. The van der Waals surface area contributed by atoms with Gasteiger partial charge in [-0.05, 0) is 38.0 Å². The molecule has 3 rings (SSSR count). The third-order valence-electron chi connectivity index (χ3n) is 5.05. The van der Waals surface area contributed by atoms with Crippen LogP contribution in [0, 0.1) is 13.8 Å². The zero-order chi connectivity index (χ0) is 18.5. The van der Waals surface area contributed by atoms with Gasteiger partial charge in [-0.25, -0.2) is 0 Å². The lowest BCUT2D eigenvalue weighted by Crippen LogP contribution is -2.47. The standard InChI is InChI=1S/C20H28N4O2/c1-15-19(16(2)23(3)22-15)9-10-20(25)21-13-18-14-24(11-12-26-18)17-7-5-4-6-8-17/h4-8,18H,9-14H2,1-3H3,(H,21,25). The third kappa shape index (κ3) is 4.43. The van der Waals surface area contributed by atoms with Crippen molar-refractivity contribution in [3.05, 3.63) is 47.3 Å². The number of amides is 1. The fourth-order valence-corrected chi connectivity index (χ4v) is 3.45. The van der Waals surface area contributed by atoms with Crippen molar-refractivity contribution in [1.82, 2.24) is 15.1 Å². The average molecular weight is 356 g/mol. The number of aryl methyl sites for hydroxylation is 2. The minimum absolute atomic E-state index is 0.0229. The lowest BCUT2D eigenvalue weighted by molar-refractivity contribution is -0.121. The predicted molar refractivity (Wildman–Crippen MR) is 102 cm³/mol. The molecule has 1 fully saturated rings. The summed E-state index contributed by atoms with van der Waals surface area (Å²) in [7, 11) is 1.94. The highest BCUT2D eigenvalue weighted by atomic mass is 16.5. The Balaban J connectivity index is 1.45. The van der Waals surface area contributed by atoms with Gasteiger partial charge in [-0.1, -0.05) is 18.2 Å². The molecule has 1 aromatic carbocycles. The zero-order valence-electron chi connectivity index (χ0n) is 15.9. The first-order valence-electron chi connectivity index (χ1n) is 9.22. The fraction of sp³-hybridized carbons (Fsp3) is 0.500. The van der Waals surface area contributed by atoms with Gasteiger partial charge in [0.1, 0.15) is 0 Å². The number of anilines is 1. The van der Waals surface area contributed by atoms with Crippen molar-refractivity contribution in [2.45, 2.75) is 32.8 Å². The average Bonchev–Trinajstić information content (AvgIpc) is 2.91. The molecule has 1 amide bonds. The summed E-state index contributed by atoms with van der Waals surface area (Å²) < 4.78 is 7.69. The third-order valence-corrected chi connectivity index (χ3v) is 5.05. The highest BCUT2D eigenvalue weighted by Gasteiger charge is 2.21. The Bertz CT molecular complexity index is 742. The Labute approximate surface area is 155 Å². The van der Waals surface area contributed by atoms with Crippen LogP contribution in [0.3, 0.4) is 0 Å². The van der Waals surface area contributed by atoms with Crippen LogP contribution in [0.25, 0.3) is 0 Å². The van der Waals surface area contributed by atoms with E-state index in [1.807, 2.05) is 43.8 Å². The summed E-state index contributed by atoms with van der Waals surface area (Å²) in [6.07, 6.45) is 1.22. The number of morpholine rings is 1. The maximum atomic E-state index is 12.2. The first kappa shape index (κ1) is 18.5. The van der Waals surface area contributed by atoms with E-state index in [0.29, 0.717) is 19.6 Å². The molecule has 1 unspecified atom stereocenters. The quantitative estimate of drug-likeness (QED) is 0.860. The van der Waals surface area contributed by atoms with Gasteiger partial charge in [-0.15, -0.1) is 0 Å². The molecule has 0 aliphatic carbocycles. The Morgan fingerprint density at radius 3 is 2.77 bits per heavy atom. The molecule has 0 saturated carbocycles. The molecule has 0 radical (unpaired) electrons. The van der Waals surface area contributed by atoms with Crippen LogP contribution in [0.15, 0.2) is 30.3 Å².